The first-order valence-electron chi connectivity index (χ1n) is 4.62. The minimum atomic E-state index is 1.03. The Labute approximate surface area is 88.5 Å². The second-order valence-electron chi connectivity index (χ2n) is 3.21. The van der Waals surface area contributed by atoms with Gasteiger partial charge in [0.05, 0.1) is 0 Å². The van der Waals surface area contributed by atoms with Crippen LogP contribution >= 0.6 is 11.3 Å². The van der Waals surface area contributed by atoms with Crippen molar-refractivity contribution in [2.24, 2.45) is 0 Å². The Bertz CT molecular complexity index is 413. The van der Waals surface area contributed by atoms with Gasteiger partial charge in [0, 0.05) is 11.3 Å². The molecule has 2 rings (SSSR count). The highest BCUT2D eigenvalue weighted by atomic mass is 32.1. The van der Waals surface area contributed by atoms with Gasteiger partial charge in [-0.05, 0) is 22.6 Å². The molecule has 1 heterocycles. The van der Waals surface area contributed by atoms with Crippen LogP contribution in [0.4, 0.5) is 0 Å². The first-order valence-corrected chi connectivity index (χ1v) is 5.50. The molecule has 2 aromatic rings. The Morgan fingerprint density at radius 2 is 2.14 bits per heavy atom. The molecule has 0 unspecified atom stereocenters. The van der Waals surface area contributed by atoms with Gasteiger partial charge in [0.2, 0.25) is 0 Å². The third-order valence-electron chi connectivity index (χ3n) is 2.15. The SMILES string of the molecule is C=Cc1cccc(Cc2cccs2)c1. The molecule has 0 saturated heterocycles. The zero-order valence-electron chi connectivity index (χ0n) is 7.94. The van der Waals surface area contributed by atoms with Crippen molar-refractivity contribution >= 4 is 17.4 Å². The standard InChI is InChI=1S/C13H12S/c1-2-11-5-3-6-12(9-11)10-13-7-4-8-14-13/h2-9H,1,10H2. The molecule has 1 aromatic carbocycles. The number of benzene rings is 1. The number of hydrogen-bond acceptors (Lipinski definition) is 1. The van der Waals surface area contributed by atoms with Crippen LogP contribution in [0.5, 0.6) is 0 Å². The molecule has 0 spiro atoms. The predicted octanol–water partition coefficient (Wildman–Crippen LogP) is 3.98. The molecular weight excluding hydrogens is 188 g/mol. The first-order chi connectivity index (χ1) is 6.88. The van der Waals surface area contributed by atoms with Crippen molar-refractivity contribution in [3.8, 4) is 0 Å². The Hall–Kier alpha value is -1.34. The molecule has 14 heavy (non-hydrogen) atoms. The van der Waals surface area contributed by atoms with E-state index in [0.29, 0.717) is 0 Å². The van der Waals surface area contributed by atoms with Crippen molar-refractivity contribution < 1.29 is 0 Å². The zero-order valence-corrected chi connectivity index (χ0v) is 8.76. The monoisotopic (exact) mass is 200 g/mol. The lowest BCUT2D eigenvalue weighted by Gasteiger charge is -2.00. The van der Waals surface area contributed by atoms with E-state index < -0.39 is 0 Å². The van der Waals surface area contributed by atoms with Crippen molar-refractivity contribution in [3.63, 3.8) is 0 Å². The lowest BCUT2D eigenvalue weighted by atomic mass is 10.1. The summed E-state index contributed by atoms with van der Waals surface area (Å²) in [6, 6.07) is 12.8. The average molecular weight is 200 g/mol. The summed E-state index contributed by atoms with van der Waals surface area (Å²) in [6.45, 7) is 3.77. The van der Waals surface area contributed by atoms with E-state index >= 15 is 0 Å². The predicted molar refractivity (Wildman–Crippen MR) is 63.7 cm³/mol. The Balaban J connectivity index is 2.21. The van der Waals surface area contributed by atoms with Crippen LogP contribution in [0.1, 0.15) is 16.0 Å². The Morgan fingerprint density at radius 3 is 2.86 bits per heavy atom. The third-order valence-corrected chi connectivity index (χ3v) is 3.02. The van der Waals surface area contributed by atoms with Crippen molar-refractivity contribution in [2.45, 2.75) is 6.42 Å². The van der Waals surface area contributed by atoms with E-state index in [-0.39, 0.29) is 0 Å². The highest BCUT2D eigenvalue weighted by molar-refractivity contribution is 7.09. The van der Waals surface area contributed by atoms with Crippen molar-refractivity contribution in [2.75, 3.05) is 0 Å². The molecule has 0 bridgehead atoms. The third kappa shape index (κ3) is 2.12. The van der Waals surface area contributed by atoms with Gasteiger partial charge in [-0.3, -0.25) is 0 Å². The fourth-order valence-electron chi connectivity index (χ4n) is 1.44. The first kappa shape index (κ1) is 9.22. The van der Waals surface area contributed by atoms with E-state index in [1.54, 1.807) is 11.3 Å². The van der Waals surface area contributed by atoms with Crippen LogP contribution in [0.25, 0.3) is 6.08 Å². The highest BCUT2D eigenvalue weighted by Gasteiger charge is 1.97. The molecule has 0 atom stereocenters. The van der Waals surface area contributed by atoms with Crippen LogP contribution in [-0.2, 0) is 6.42 Å². The van der Waals surface area contributed by atoms with Crippen molar-refractivity contribution in [3.05, 3.63) is 64.4 Å². The van der Waals surface area contributed by atoms with Gasteiger partial charge in [-0.15, -0.1) is 11.3 Å². The smallest absolute Gasteiger partial charge is 0.00890 e. The van der Waals surface area contributed by atoms with Gasteiger partial charge in [0.15, 0.2) is 0 Å². The molecule has 70 valence electrons. The summed E-state index contributed by atoms with van der Waals surface area (Å²) in [5.41, 5.74) is 2.55. The summed E-state index contributed by atoms with van der Waals surface area (Å²) in [5, 5.41) is 2.12. The molecule has 0 aliphatic carbocycles. The molecule has 0 aliphatic heterocycles. The second kappa shape index (κ2) is 4.25. The molecule has 0 nitrogen and oxygen atoms in total. The van der Waals surface area contributed by atoms with Gasteiger partial charge in [-0.2, -0.15) is 0 Å². The van der Waals surface area contributed by atoms with Gasteiger partial charge in [0.25, 0.3) is 0 Å². The molecule has 0 N–H and O–H groups in total. The molecule has 0 radical (unpaired) electrons. The van der Waals surface area contributed by atoms with Crippen molar-refractivity contribution in [1.82, 2.24) is 0 Å². The molecule has 0 aliphatic rings. The van der Waals surface area contributed by atoms with Crippen LogP contribution < -0.4 is 0 Å². The van der Waals surface area contributed by atoms with Gasteiger partial charge in [-0.25, -0.2) is 0 Å². The number of hydrogen-bond donors (Lipinski definition) is 0. The van der Waals surface area contributed by atoms with E-state index in [9.17, 15) is 0 Å². The Morgan fingerprint density at radius 1 is 1.21 bits per heavy atom. The second-order valence-corrected chi connectivity index (χ2v) is 4.24. The summed E-state index contributed by atoms with van der Waals surface area (Å²) in [5.74, 6) is 0. The summed E-state index contributed by atoms with van der Waals surface area (Å²) < 4.78 is 0. The molecule has 1 heteroatoms. The largest absolute Gasteiger partial charge is 0.149 e. The van der Waals surface area contributed by atoms with Crippen LogP contribution in [0.15, 0.2) is 48.4 Å². The highest BCUT2D eigenvalue weighted by Crippen LogP contribution is 2.15. The van der Waals surface area contributed by atoms with Crippen LogP contribution in [0.2, 0.25) is 0 Å². The van der Waals surface area contributed by atoms with E-state index in [1.165, 1.54) is 16.0 Å². The topological polar surface area (TPSA) is 0 Å². The van der Waals surface area contributed by atoms with E-state index in [4.69, 9.17) is 0 Å². The van der Waals surface area contributed by atoms with Crippen LogP contribution in [0.3, 0.4) is 0 Å². The minimum Gasteiger partial charge on any atom is -0.149 e. The average Bonchev–Trinajstić information content (AvgIpc) is 2.71. The van der Waals surface area contributed by atoms with Gasteiger partial charge in [-0.1, -0.05) is 43.0 Å². The summed E-state index contributed by atoms with van der Waals surface area (Å²) >= 11 is 1.81. The molecular formula is C13H12S. The van der Waals surface area contributed by atoms with Gasteiger partial charge < -0.3 is 0 Å². The Kier molecular flexibility index (Phi) is 2.80. The van der Waals surface area contributed by atoms with E-state index in [2.05, 4.69) is 48.4 Å². The van der Waals surface area contributed by atoms with Gasteiger partial charge >= 0.3 is 0 Å². The summed E-state index contributed by atoms with van der Waals surface area (Å²) in [6.07, 6.45) is 2.91. The van der Waals surface area contributed by atoms with E-state index in [0.717, 1.165) is 6.42 Å². The fraction of sp³-hybridized carbons (Fsp3) is 0.0769. The maximum absolute atomic E-state index is 3.77. The van der Waals surface area contributed by atoms with Crippen molar-refractivity contribution in [1.29, 1.82) is 0 Å². The van der Waals surface area contributed by atoms with E-state index in [1.807, 2.05) is 6.08 Å². The fourth-order valence-corrected chi connectivity index (χ4v) is 2.18. The quantitative estimate of drug-likeness (QED) is 0.703. The summed E-state index contributed by atoms with van der Waals surface area (Å²) in [4.78, 5) is 1.41. The molecule has 0 saturated carbocycles. The lowest BCUT2D eigenvalue weighted by molar-refractivity contribution is 1.24. The lowest BCUT2D eigenvalue weighted by Crippen LogP contribution is -1.84. The maximum atomic E-state index is 3.77. The maximum Gasteiger partial charge on any atom is 0.00890 e. The molecule has 1 aromatic heterocycles. The molecule has 0 amide bonds. The van der Waals surface area contributed by atoms with Crippen LogP contribution in [-0.4, -0.2) is 0 Å². The molecule has 0 fully saturated rings. The number of rotatable bonds is 3. The minimum absolute atomic E-state index is 1.03. The van der Waals surface area contributed by atoms with Gasteiger partial charge in [0.1, 0.15) is 0 Å². The summed E-state index contributed by atoms with van der Waals surface area (Å²) in [7, 11) is 0. The number of thiophene rings is 1. The normalized spacial score (nSPS) is 10.0. The zero-order chi connectivity index (χ0) is 9.80. The van der Waals surface area contributed by atoms with Crippen LogP contribution in [0, 0.1) is 0 Å².